The van der Waals surface area contributed by atoms with Gasteiger partial charge >= 0.3 is 0 Å². The van der Waals surface area contributed by atoms with Crippen LogP contribution in [0.15, 0.2) is 0 Å². The highest BCUT2D eigenvalue weighted by Crippen LogP contribution is 2.31. The first kappa shape index (κ1) is 9.50. The van der Waals surface area contributed by atoms with Crippen molar-refractivity contribution in [2.24, 2.45) is 5.41 Å². The highest BCUT2D eigenvalue weighted by atomic mass is 16.5. The number of hydrogen-bond donors (Lipinski definition) is 0. The van der Waals surface area contributed by atoms with Crippen molar-refractivity contribution in [1.82, 2.24) is 0 Å². The lowest BCUT2D eigenvalue weighted by Gasteiger charge is -2.39. The molecule has 0 aliphatic carbocycles. The zero-order valence-corrected chi connectivity index (χ0v) is 7.67. The molecule has 3 nitrogen and oxygen atoms in total. The van der Waals surface area contributed by atoms with Gasteiger partial charge in [0.1, 0.15) is 0 Å². The van der Waals surface area contributed by atoms with E-state index < -0.39 is 0 Å². The highest BCUT2D eigenvalue weighted by molar-refractivity contribution is 4.93. The third-order valence-electron chi connectivity index (χ3n) is 1.99. The maximum absolute atomic E-state index is 8.57. The maximum Gasteiger partial charge on any atom is 0.0630 e. The Kier molecular flexibility index (Phi) is 3.07. The van der Waals surface area contributed by atoms with Crippen LogP contribution < -0.4 is 0 Å². The van der Waals surface area contributed by atoms with Gasteiger partial charge in [0.15, 0.2) is 0 Å². The zero-order valence-electron chi connectivity index (χ0n) is 7.67. The van der Waals surface area contributed by atoms with Gasteiger partial charge in [0.2, 0.25) is 0 Å². The Morgan fingerprint density at radius 2 is 2.25 bits per heavy atom. The van der Waals surface area contributed by atoms with Crippen LogP contribution in [0.5, 0.6) is 0 Å². The normalized spacial score (nSPS) is 20.2. The molecule has 1 aliphatic heterocycles. The minimum atomic E-state index is -0.000972. The lowest BCUT2D eigenvalue weighted by molar-refractivity contribution is -0.153. The van der Waals surface area contributed by atoms with Gasteiger partial charge in [0, 0.05) is 6.42 Å². The molecule has 68 valence electrons. The second-order valence-electron chi connectivity index (χ2n) is 3.69. The first-order chi connectivity index (χ1) is 5.68. The number of rotatable bonds is 4. The van der Waals surface area contributed by atoms with E-state index in [0.717, 1.165) is 0 Å². The van der Waals surface area contributed by atoms with Gasteiger partial charge in [-0.05, 0) is 13.8 Å². The van der Waals surface area contributed by atoms with Crippen molar-refractivity contribution in [3.8, 4) is 6.07 Å². The van der Waals surface area contributed by atoms with Crippen molar-refractivity contribution < 1.29 is 9.47 Å². The summed E-state index contributed by atoms with van der Waals surface area (Å²) in [4.78, 5) is 0. The first-order valence-electron chi connectivity index (χ1n) is 4.25. The summed E-state index contributed by atoms with van der Waals surface area (Å²) >= 11 is 0. The molecular weight excluding hydrogens is 154 g/mol. The number of hydrogen-bond acceptors (Lipinski definition) is 3. The Morgan fingerprint density at radius 1 is 1.58 bits per heavy atom. The minimum absolute atomic E-state index is 0.000972. The van der Waals surface area contributed by atoms with E-state index in [2.05, 4.69) is 6.07 Å². The van der Waals surface area contributed by atoms with Crippen molar-refractivity contribution in [2.45, 2.75) is 26.4 Å². The topological polar surface area (TPSA) is 42.2 Å². The molecule has 12 heavy (non-hydrogen) atoms. The molecule has 0 N–H and O–H groups in total. The SMILES string of the molecule is CC(C)OCC1(CC#N)COC1. The van der Waals surface area contributed by atoms with Crippen molar-refractivity contribution >= 4 is 0 Å². The smallest absolute Gasteiger partial charge is 0.0630 e. The van der Waals surface area contributed by atoms with E-state index in [9.17, 15) is 0 Å². The Labute approximate surface area is 73.3 Å². The Hall–Kier alpha value is -0.590. The predicted octanol–water partition coefficient (Wildman–Crippen LogP) is 1.34. The van der Waals surface area contributed by atoms with E-state index in [1.165, 1.54) is 0 Å². The zero-order chi connectivity index (χ0) is 9.03. The molecule has 0 unspecified atom stereocenters. The quantitative estimate of drug-likeness (QED) is 0.637. The molecule has 0 saturated carbocycles. The summed E-state index contributed by atoms with van der Waals surface area (Å²) in [5.41, 5.74) is -0.000972. The van der Waals surface area contributed by atoms with Gasteiger partial charge in [-0.2, -0.15) is 5.26 Å². The molecule has 0 radical (unpaired) electrons. The van der Waals surface area contributed by atoms with E-state index >= 15 is 0 Å². The van der Waals surface area contributed by atoms with Gasteiger partial charge in [-0.3, -0.25) is 0 Å². The molecule has 0 atom stereocenters. The van der Waals surface area contributed by atoms with Gasteiger partial charge < -0.3 is 9.47 Å². The molecule has 0 bridgehead atoms. The molecule has 0 aromatic rings. The van der Waals surface area contributed by atoms with Crippen molar-refractivity contribution in [3.63, 3.8) is 0 Å². The van der Waals surface area contributed by atoms with Crippen LogP contribution >= 0.6 is 0 Å². The van der Waals surface area contributed by atoms with Crippen LogP contribution in [0.25, 0.3) is 0 Å². The summed E-state index contributed by atoms with van der Waals surface area (Å²) in [6.07, 6.45) is 0.779. The van der Waals surface area contributed by atoms with Crippen LogP contribution in [0.4, 0.5) is 0 Å². The van der Waals surface area contributed by atoms with Crippen molar-refractivity contribution in [1.29, 1.82) is 5.26 Å². The van der Waals surface area contributed by atoms with Gasteiger partial charge in [-0.1, -0.05) is 0 Å². The van der Waals surface area contributed by atoms with Crippen LogP contribution in [0.1, 0.15) is 20.3 Å². The van der Waals surface area contributed by atoms with Crippen LogP contribution in [-0.4, -0.2) is 25.9 Å². The van der Waals surface area contributed by atoms with Crippen LogP contribution in [-0.2, 0) is 9.47 Å². The summed E-state index contributed by atoms with van der Waals surface area (Å²) in [5, 5.41) is 8.57. The van der Waals surface area contributed by atoms with E-state index in [4.69, 9.17) is 14.7 Å². The van der Waals surface area contributed by atoms with E-state index in [1.807, 2.05) is 13.8 Å². The Morgan fingerprint density at radius 3 is 2.58 bits per heavy atom. The largest absolute Gasteiger partial charge is 0.380 e. The second-order valence-corrected chi connectivity index (χ2v) is 3.69. The summed E-state index contributed by atoms with van der Waals surface area (Å²) in [5.74, 6) is 0. The third-order valence-corrected chi connectivity index (χ3v) is 1.99. The van der Waals surface area contributed by atoms with E-state index in [-0.39, 0.29) is 11.5 Å². The summed E-state index contributed by atoms with van der Waals surface area (Å²) in [7, 11) is 0. The molecule has 1 fully saturated rings. The predicted molar refractivity (Wildman–Crippen MR) is 44.6 cm³/mol. The summed E-state index contributed by atoms with van der Waals surface area (Å²) in [6.45, 7) is 6.00. The average molecular weight is 169 g/mol. The van der Waals surface area contributed by atoms with Gasteiger partial charge in [0.25, 0.3) is 0 Å². The second kappa shape index (κ2) is 3.88. The van der Waals surface area contributed by atoms with Crippen molar-refractivity contribution in [2.75, 3.05) is 19.8 Å². The third kappa shape index (κ3) is 2.20. The monoisotopic (exact) mass is 169 g/mol. The van der Waals surface area contributed by atoms with E-state index in [0.29, 0.717) is 26.2 Å². The Bertz CT molecular complexity index is 179. The number of nitrogens with zero attached hydrogens (tertiary/aromatic N) is 1. The summed E-state index contributed by atoms with van der Waals surface area (Å²) < 4.78 is 10.6. The van der Waals surface area contributed by atoms with Gasteiger partial charge in [-0.15, -0.1) is 0 Å². The van der Waals surface area contributed by atoms with Gasteiger partial charge in [0.05, 0.1) is 37.4 Å². The Balaban J connectivity index is 2.30. The lowest BCUT2D eigenvalue weighted by atomic mass is 9.84. The highest BCUT2D eigenvalue weighted by Gasteiger charge is 2.38. The fourth-order valence-corrected chi connectivity index (χ4v) is 1.14. The van der Waals surface area contributed by atoms with Crippen LogP contribution in [0.3, 0.4) is 0 Å². The molecule has 0 amide bonds. The van der Waals surface area contributed by atoms with Gasteiger partial charge in [-0.25, -0.2) is 0 Å². The first-order valence-corrected chi connectivity index (χ1v) is 4.25. The minimum Gasteiger partial charge on any atom is -0.380 e. The van der Waals surface area contributed by atoms with Crippen LogP contribution in [0.2, 0.25) is 0 Å². The van der Waals surface area contributed by atoms with E-state index in [1.54, 1.807) is 0 Å². The molecule has 1 heterocycles. The lowest BCUT2D eigenvalue weighted by Crippen LogP contribution is -2.46. The molecule has 1 saturated heterocycles. The molecule has 0 aromatic carbocycles. The average Bonchev–Trinajstić information content (AvgIpc) is 1.94. The van der Waals surface area contributed by atoms with Crippen molar-refractivity contribution in [3.05, 3.63) is 0 Å². The summed E-state index contributed by atoms with van der Waals surface area (Å²) in [6, 6.07) is 2.17. The van der Waals surface area contributed by atoms with Crippen LogP contribution in [0, 0.1) is 16.7 Å². The maximum atomic E-state index is 8.57. The number of ether oxygens (including phenoxy) is 2. The molecule has 1 rings (SSSR count). The fourth-order valence-electron chi connectivity index (χ4n) is 1.14. The molecule has 0 spiro atoms. The number of nitriles is 1. The molecule has 3 heteroatoms. The fraction of sp³-hybridized carbons (Fsp3) is 0.889. The molecule has 0 aromatic heterocycles. The molecule has 1 aliphatic rings. The molecular formula is C9H15NO2. The standard InChI is InChI=1S/C9H15NO2/c1-8(2)12-7-9(3-4-10)5-11-6-9/h8H,3,5-7H2,1-2H3.